The van der Waals surface area contributed by atoms with Gasteiger partial charge >= 0.3 is 0 Å². The minimum absolute atomic E-state index is 0.122. The Morgan fingerprint density at radius 3 is 2.95 bits per heavy atom. The molecular weight excluding hydrogens is 288 g/mol. The van der Waals surface area contributed by atoms with Gasteiger partial charge in [0, 0.05) is 30.1 Å². The molecule has 1 N–H and O–H groups in total. The fraction of sp³-hybridized carbons (Fsp3) is 0.273. The zero-order valence-corrected chi connectivity index (χ0v) is 11.6. The smallest absolute Gasteiger partial charge is 0.289 e. The molecule has 1 atom stereocenters. The number of pyridine rings is 1. The van der Waals surface area contributed by atoms with E-state index in [1.165, 1.54) is 12.3 Å². The number of nitrogens with one attached hydrogen (secondary N) is 1. The number of halogens is 1. The summed E-state index contributed by atoms with van der Waals surface area (Å²) in [5.74, 6) is 0.656. The highest BCUT2D eigenvalue weighted by atomic mass is 35.5. The predicted octanol–water partition coefficient (Wildman–Crippen LogP) is 3.32. The summed E-state index contributed by atoms with van der Waals surface area (Å²) >= 11 is 7.52. The molecule has 0 aliphatic rings. The predicted molar refractivity (Wildman–Crippen MR) is 74.9 cm³/mol. The van der Waals surface area contributed by atoms with E-state index in [1.807, 2.05) is 12.3 Å². The Balaban J connectivity index is 2.02. The number of aromatic nitrogens is 2. The average molecular weight is 299 g/mol. The summed E-state index contributed by atoms with van der Waals surface area (Å²) in [7, 11) is 0. The third kappa shape index (κ3) is 3.39. The lowest BCUT2D eigenvalue weighted by Crippen LogP contribution is -2.11. The monoisotopic (exact) mass is 298 g/mol. The summed E-state index contributed by atoms with van der Waals surface area (Å²) in [6.45, 7) is 2.64. The minimum atomic E-state index is -0.527. The highest BCUT2D eigenvalue weighted by Gasteiger charge is 2.13. The first-order valence-electron chi connectivity index (χ1n) is 5.51. The normalized spacial score (nSPS) is 12.1. The van der Waals surface area contributed by atoms with Crippen LogP contribution in [0.4, 0.5) is 11.5 Å². The van der Waals surface area contributed by atoms with Crippen LogP contribution in [-0.4, -0.2) is 21.4 Å². The number of thiazole rings is 1. The number of nitrogens with zero attached hydrogens (tertiary/aromatic N) is 3. The largest absolute Gasteiger partial charge is 0.368 e. The highest BCUT2D eigenvalue weighted by Crippen LogP contribution is 2.25. The van der Waals surface area contributed by atoms with E-state index in [0.717, 1.165) is 5.01 Å². The molecule has 0 aromatic carbocycles. The lowest BCUT2D eigenvalue weighted by Gasteiger charge is -2.11. The van der Waals surface area contributed by atoms with Crippen LogP contribution in [0.2, 0.25) is 5.02 Å². The third-order valence-electron chi connectivity index (χ3n) is 2.49. The topological polar surface area (TPSA) is 81.0 Å². The van der Waals surface area contributed by atoms with Crippen LogP contribution < -0.4 is 5.32 Å². The quantitative estimate of drug-likeness (QED) is 0.676. The van der Waals surface area contributed by atoms with Gasteiger partial charge in [0.2, 0.25) is 0 Å². The van der Waals surface area contributed by atoms with Gasteiger partial charge in [-0.1, -0.05) is 18.5 Å². The summed E-state index contributed by atoms with van der Waals surface area (Å²) in [4.78, 5) is 18.2. The van der Waals surface area contributed by atoms with E-state index in [9.17, 15) is 10.1 Å². The van der Waals surface area contributed by atoms with Crippen molar-refractivity contribution in [2.45, 2.75) is 12.8 Å². The Labute approximate surface area is 118 Å². The summed E-state index contributed by atoms with van der Waals surface area (Å²) in [5, 5.41) is 16.8. The zero-order chi connectivity index (χ0) is 13.8. The Hall–Kier alpha value is -1.73. The number of rotatable bonds is 5. The second-order valence-corrected chi connectivity index (χ2v) is 5.27. The van der Waals surface area contributed by atoms with Gasteiger partial charge in [0.05, 0.1) is 15.0 Å². The van der Waals surface area contributed by atoms with E-state index in [-0.39, 0.29) is 16.6 Å². The third-order valence-corrected chi connectivity index (χ3v) is 3.78. The molecule has 0 radical (unpaired) electrons. The molecule has 2 aromatic heterocycles. The number of nitro groups is 1. The van der Waals surface area contributed by atoms with Gasteiger partial charge < -0.3 is 5.32 Å². The summed E-state index contributed by atoms with van der Waals surface area (Å²) in [6.07, 6.45) is 2.94. The SMILES string of the molecule is CC(CNc1ncc([N+](=O)[O-])cc1Cl)c1nccs1. The molecule has 19 heavy (non-hydrogen) atoms. The van der Waals surface area contributed by atoms with E-state index < -0.39 is 4.92 Å². The van der Waals surface area contributed by atoms with Crippen LogP contribution >= 0.6 is 22.9 Å². The molecule has 0 aliphatic carbocycles. The van der Waals surface area contributed by atoms with Gasteiger partial charge in [0.25, 0.3) is 5.69 Å². The van der Waals surface area contributed by atoms with Gasteiger partial charge in [-0.25, -0.2) is 9.97 Å². The molecule has 0 bridgehead atoms. The number of hydrogen-bond donors (Lipinski definition) is 1. The van der Waals surface area contributed by atoms with Crippen LogP contribution in [0.15, 0.2) is 23.8 Å². The van der Waals surface area contributed by atoms with Crippen LogP contribution in [0, 0.1) is 10.1 Å². The van der Waals surface area contributed by atoms with E-state index >= 15 is 0 Å². The number of hydrogen-bond acceptors (Lipinski definition) is 6. The second kappa shape index (κ2) is 5.94. The molecule has 0 aliphatic heterocycles. The average Bonchev–Trinajstić information content (AvgIpc) is 2.90. The van der Waals surface area contributed by atoms with Crippen molar-refractivity contribution in [1.82, 2.24) is 9.97 Å². The maximum Gasteiger partial charge on any atom is 0.289 e. The maximum absolute atomic E-state index is 10.6. The molecule has 0 spiro atoms. The molecule has 1 unspecified atom stereocenters. The van der Waals surface area contributed by atoms with Crippen LogP contribution in [0.3, 0.4) is 0 Å². The molecule has 8 heteroatoms. The first-order chi connectivity index (χ1) is 9.08. The summed E-state index contributed by atoms with van der Waals surface area (Å²) in [6, 6.07) is 1.28. The van der Waals surface area contributed by atoms with E-state index in [2.05, 4.69) is 15.3 Å². The molecule has 100 valence electrons. The van der Waals surface area contributed by atoms with Gasteiger partial charge in [-0.2, -0.15) is 0 Å². The Morgan fingerprint density at radius 2 is 2.37 bits per heavy atom. The van der Waals surface area contributed by atoms with Gasteiger partial charge in [-0.15, -0.1) is 11.3 Å². The van der Waals surface area contributed by atoms with E-state index in [1.54, 1.807) is 17.5 Å². The van der Waals surface area contributed by atoms with Crippen LogP contribution in [-0.2, 0) is 0 Å². The molecule has 0 amide bonds. The molecule has 0 fully saturated rings. The maximum atomic E-state index is 10.6. The molecule has 2 heterocycles. The molecule has 0 saturated heterocycles. The van der Waals surface area contributed by atoms with Gasteiger partial charge in [-0.05, 0) is 0 Å². The van der Waals surface area contributed by atoms with Crippen molar-refractivity contribution in [2.75, 3.05) is 11.9 Å². The van der Waals surface area contributed by atoms with Crippen LogP contribution in [0.1, 0.15) is 17.8 Å². The lowest BCUT2D eigenvalue weighted by molar-refractivity contribution is -0.385. The fourth-order valence-corrected chi connectivity index (χ4v) is 2.40. The zero-order valence-electron chi connectivity index (χ0n) is 10.0. The van der Waals surface area contributed by atoms with Crippen LogP contribution in [0.25, 0.3) is 0 Å². The Kier molecular flexibility index (Phi) is 4.28. The molecule has 2 aromatic rings. The lowest BCUT2D eigenvalue weighted by atomic mass is 10.2. The van der Waals surface area contributed by atoms with Crippen molar-refractivity contribution in [1.29, 1.82) is 0 Å². The van der Waals surface area contributed by atoms with Crippen molar-refractivity contribution in [3.63, 3.8) is 0 Å². The van der Waals surface area contributed by atoms with Gasteiger partial charge in [0.15, 0.2) is 0 Å². The number of anilines is 1. The molecule has 6 nitrogen and oxygen atoms in total. The minimum Gasteiger partial charge on any atom is -0.368 e. The Morgan fingerprint density at radius 1 is 1.58 bits per heavy atom. The first-order valence-corrected chi connectivity index (χ1v) is 6.77. The fourth-order valence-electron chi connectivity index (χ4n) is 1.47. The van der Waals surface area contributed by atoms with Crippen molar-refractivity contribution in [3.8, 4) is 0 Å². The highest BCUT2D eigenvalue weighted by molar-refractivity contribution is 7.09. The van der Waals surface area contributed by atoms with Gasteiger partial charge in [0.1, 0.15) is 12.0 Å². The first kappa shape index (κ1) is 13.7. The van der Waals surface area contributed by atoms with Crippen molar-refractivity contribution in [3.05, 3.63) is 44.0 Å². The summed E-state index contributed by atoms with van der Waals surface area (Å²) in [5.41, 5.74) is -0.122. The molecular formula is C11H11ClN4O2S. The standard InChI is InChI=1S/C11H11ClN4O2S/c1-7(11-13-2-3-19-11)5-14-10-9(12)4-8(6-15-10)16(17)18/h2-4,6-7H,5H2,1H3,(H,14,15). The van der Waals surface area contributed by atoms with E-state index in [0.29, 0.717) is 12.4 Å². The van der Waals surface area contributed by atoms with Crippen molar-refractivity contribution in [2.24, 2.45) is 0 Å². The molecule has 2 rings (SSSR count). The van der Waals surface area contributed by atoms with Crippen molar-refractivity contribution >= 4 is 34.4 Å². The van der Waals surface area contributed by atoms with E-state index in [4.69, 9.17) is 11.6 Å². The van der Waals surface area contributed by atoms with Gasteiger partial charge in [-0.3, -0.25) is 10.1 Å². The molecule has 0 saturated carbocycles. The summed E-state index contributed by atoms with van der Waals surface area (Å²) < 4.78 is 0. The second-order valence-electron chi connectivity index (χ2n) is 3.93. The van der Waals surface area contributed by atoms with Crippen LogP contribution in [0.5, 0.6) is 0 Å². The Bertz CT molecular complexity index is 576. The van der Waals surface area contributed by atoms with Crippen molar-refractivity contribution < 1.29 is 4.92 Å².